The van der Waals surface area contributed by atoms with Gasteiger partial charge in [-0.25, -0.2) is 0 Å². The van der Waals surface area contributed by atoms with Crippen molar-refractivity contribution in [1.29, 1.82) is 0 Å². The van der Waals surface area contributed by atoms with E-state index in [0.29, 0.717) is 11.7 Å². The van der Waals surface area contributed by atoms with Crippen LogP contribution in [-0.4, -0.2) is 12.2 Å². The Kier molecular flexibility index (Phi) is 3.49. The van der Waals surface area contributed by atoms with Crippen molar-refractivity contribution in [2.45, 2.75) is 39.0 Å². The Balaban J connectivity index is 1.83. The van der Waals surface area contributed by atoms with Gasteiger partial charge in [0.05, 0.1) is 7.11 Å². The molecule has 0 saturated heterocycles. The predicted octanol–water partition coefficient (Wildman–Crippen LogP) is 4.11. The van der Waals surface area contributed by atoms with E-state index in [9.17, 15) is 5.11 Å². The van der Waals surface area contributed by atoms with Gasteiger partial charge < -0.3 is 9.84 Å². The fourth-order valence-electron chi connectivity index (χ4n) is 4.11. The van der Waals surface area contributed by atoms with Crippen molar-refractivity contribution in [2.24, 2.45) is 17.8 Å². The Morgan fingerprint density at radius 3 is 2.65 bits per heavy atom. The highest BCUT2D eigenvalue weighted by molar-refractivity contribution is 5.47. The monoisotopic (exact) mass is 272 g/mol. The summed E-state index contributed by atoms with van der Waals surface area (Å²) in [6, 6.07) is 3.92. The number of hydrogen-bond acceptors (Lipinski definition) is 2. The summed E-state index contributed by atoms with van der Waals surface area (Å²) in [5.74, 6) is 3.09. The van der Waals surface area contributed by atoms with E-state index in [-0.39, 0.29) is 5.75 Å². The van der Waals surface area contributed by atoms with E-state index in [2.05, 4.69) is 13.5 Å². The van der Waals surface area contributed by atoms with Gasteiger partial charge in [-0.2, -0.15) is 0 Å². The number of allylic oxidation sites excluding steroid dienone is 1. The third-order valence-electron chi connectivity index (χ3n) is 5.46. The molecule has 0 radical (unpaired) electrons. The zero-order chi connectivity index (χ0) is 14.3. The first-order valence-corrected chi connectivity index (χ1v) is 7.66. The first-order valence-electron chi connectivity index (χ1n) is 7.66. The van der Waals surface area contributed by atoms with Crippen LogP contribution in [0.2, 0.25) is 0 Å². The highest BCUT2D eigenvalue weighted by Gasteiger charge is 2.35. The molecule has 3 unspecified atom stereocenters. The van der Waals surface area contributed by atoms with Crippen LogP contribution < -0.4 is 4.74 Å². The van der Waals surface area contributed by atoms with E-state index in [1.807, 2.05) is 12.1 Å². The summed E-state index contributed by atoms with van der Waals surface area (Å²) in [6.45, 7) is 6.55. The number of phenols is 1. The molecule has 108 valence electrons. The largest absolute Gasteiger partial charge is 0.504 e. The molecule has 2 heteroatoms. The van der Waals surface area contributed by atoms with Gasteiger partial charge >= 0.3 is 0 Å². The van der Waals surface area contributed by atoms with Gasteiger partial charge in [0.25, 0.3) is 0 Å². The molecule has 0 bridgehead atoms. The molecule has 1 N–H and O–H groups in total. The summed E-state index contributed by atoms with van der Waals surface area (Å²) in [7, 11) is 1.62. The van der Waals surface area contributed by atoms with E-state index < -0.39 is 0 Å². The molecule has 2 aliphatic rings. The van der Waals surface area contributed by atoms with Crippen LogP contribution in [0.5, 0.6) is 11.5 Å². The van der Waals surface area contributed by atoms with E-state index >= 15 is 0 Å². The van der Waals surface area contributed by atoms with Crippen LogP contribution in [0.25, 0.3) is 0 Å². The lowest BCUT2D eigenvalue weighted by atomic mass is 9.73. The average Bonchev–Trinajstić information content (AvgIpc) is 2.78. The summed E-state index contributed by atoms with van der Waals surface area (Å²) in [5, 5.41) is 9.88. The highest BCUT2D eigenvalue weighted by atomic mass is 16.5. The summed E-state index contributed by atoms with van der Waals surface area (Å²) in [6.07, 6.45) is 5.94. The van der Waals surface area contributed by atoms with Crippen molar-refractivity contribution in [2.75, 3.05) is 7.11 Å². The predicted molar refractivity (Wildman–Crippen MR) is 81.2 cm³/mol. The molecule has 0 amide bonds. The summed E-state index contributed by atoms with van der Waals surface area (Å²) < 4.78 is 5.25. The number of aromatic hydroxyl groups is 1. The van der Waals surface area contributed by atoms with Gasteiger partial charge in [-0.15, -0.1) is 0 Å². The Labute approximate surface area is 121 Å². The summed E-state index contributed by atoms with van der Waals surface area (Å²) in [5.41, 5.74) is 4.09. The molecule has 0 spiro atoms. The zero-order valence-electron chi connectivity index (χ0n) is 12.5. The van der Waals surface area contributed by atoms with Crippen molar-refractivity contribution in [1.82, 2.24) is 0 Å². The fraction of sp³-hybridized carbons (Fsp3) is 0.556. The minimum atomic E-state index is 0.271. The van der Waals surface area contributed by atoms with Crippen molar-refractivity contribution >= 4 is 0 Å². The maximum absolute atomic E-state index is 9.88. The minimum absolute atomic E-state index is 0.271. The number of methoxy groups -OCH3 is 1. The smallest absolute Gasteiger partial charge is 0.160 e. The van der Waals surface area contributed by atoms with E-state index in [4.69, 9.17) is 4.74 Å². The molecule has 1 aromatic rings. The van der Waals surface area contributed by atoms with Gasteiger partial charge in [0.1, 0.15) is 0 Å². The number of hydrogen-bond donors (Lipinski definition) is 1. The molecule has 0 heterocycles. The topological polar surface area (TPSA) is 29.5 Å². The number of aryl methyl sites for hydroxylation is 1. The molecule has 1 saturated carbocycles. The molecule has 2 aliphatic carbocycles. The number of fused-ring (bicyclic) bond motifs is 1. The Hall–Kier alpha value is -1.44. The van der Waals surface area contributed by atoms with Gasteiger partial charge in [-0.3, -0.25) is 0 Å². The van der Waals surface area contributed by atoms with Crippen LogP contribution in [0.1, 0.15) is 37.3 Å². The second kappa shape index (κ2) is 5.16. The van der Waals surface area contributed by atoms with E-state index in [1.54, 1.807) is 7.11 Å². The third kappa shape index (κ3) is 2.21. The van der Waals surface area contributed by atoms with Gasteiger partial charge in [0, 0.05) is 0 Å². The molecule has 0 aromatic heterocycles. The second-order valence-corrected chi connectivity index (χ2v) is 6.45. The Morgan fingerprint density at radius 2 is 2.00 bits per heavy atom. The van der Waals surface area contributed by atoms with Gasteiger partial charge in [-0.05, 0) is 73.1 Å². The van der Waals surface area contributed by atoms with Crippen molar-refractivity contribution in [3.8, 4) is 11.5 Å². The summed E-state index contributed by atoms with van der Waals surface area (Å²) >= 11 is 0. The van der Waals surface area contributed by atoms with Crippen LogP contribution in [-0.2, 0) is 12.8 Å². The maximum atomic E-state index is 9.88. The first kappa shape index (κ1) is 13.5. The lowest BCUT2D eigenvalue weighted by Crippen LogP contribution is -2.24. The van der Waals surface area contributed by atoms with Crippen LogP contribution >= 0.6 is 0 Å². The minimum Gasteiger partial charge on any atom is -0.504 e. The lowest BCUT2D eigenvalue weighted by Gasteiger charge is -2.32. The van der Waals surface area contributed by atoms with E-state index in [1.165, 1.54) is 36.0 Å². The van der Waals surface area contributed by atoms with Crippen molar-refractivity contribution in [3.05, 3.63) is 35.4 Å². The van der Waals surface area contributed by atoms with Crippen LogP contribution in [0.15, 0.2) is 24.3 Å². The number of ether oxygens (including phenoxy) is 1. The molecular formula is C18H24O2. The lowest BCUT2D eigenvalue weighted by molar-refractivity contribution is 0.260. The quantitative estimate of drug-likeness (QED) is 0.821. The maximum Gasteiger partial charge on any atom is 0.160 e. The van der Waals surface area contributed by atoms with Crippen LogP contribution in [0.3, 0.4) is 0 Å². The fourth-order valence-corrected chi connectivity index (χ4v) is 4.11. The summed E-state index contributed by atoms with van der Waals surface area (Å²) in [4.78, 5) is 0. The third-order valence-corrected chi connectivity index (χ3v) is 5.46. The molecule has 2 nitrogen and oxygen atoms in total. The molecular weight excluding hydrogens is 248 g/mol. The number of phenolic OH excluding ortho intramolecular Hbond substituents is 1. The molecule has 3 rings (SSSR count). The number of benzene rings is 1. The average molecular weight is 272 g/mol. The van der Waals surface area contributed by atoms with E-state index in [0.717, 1.165) is 24.7 Å². The Morgan fingerprint density at radius 1 is 1.20 bits per heavy atom. The SMILES string of the molecule is C=C1CCC(C2CCc3cc(O)c(OC)cc3C2)C1C. The zero-order valence-corrected chi connectivity index (χ0v) is 12.5. The van der Waals surface area contributed by atoms with Crippen molar-refractivity contribution in [3.63, 3.8) is 0 Å². The molecule has 3 atom stereocenters. The van der Waals surface area contributed by atoms with Crippen LogP contribution in [0, 0.1) is 17.8 Å². The normalized spacial score (nSPS) is 29.3. The Bertz CT molecular complexity index is 532. The first-order chi connectivity index (χ1) is 9.60. The van der Waals surface area contributed by atoms with Crippen molar-refractivity contribution < 1.29 is 9.84 Å². The van der Waals surface area contributed by atoms with Gasteiger partial charge in [0.2, 0.25) is 0 Å². The molecule has 0 aliphatic heterocycles. The molecule has 1 fully saturated rings. The van der Waals surface area contributed by atoms with Gasteiger partial charge in [0.15, 0.2) is 11.5 Å². The van der Waals surface area contributed by atoms with Crippen LogP contribution in [0.4, 0.5) is 0 Å². The number of rotatable bonds is 2. The second-order valence-electron chi connectivity index (χ2n) is 6.45. The van der Waals surface area contributed by atoms with Gasteiger partial charge in [-0.1, -0.05) is 19.1 Å². The standard InChI is InChI=1S/C18H24O2/c1-11-4-7-16(12(11)2)14-6-5-13-9-17(19)18(20-3)10-15(13)8-14/h9-10,12,14,16,19H,1,4-8H2,2-3H3. The highest BCUT2D eigenvalue weighted by Crippen LogP contribution is 2.45. The molecule has 1 aromatic carbocycles. The molecule has 20 heavy (non-hydrogen) atoms.